The molecule has 94 valence electrons. The minimum Gasteiger partial charge on any atom is -0.478 e. The highest BCUT2D eigenvalue weighted by Gasteiger charge is 2.19. The average Bonchev–Trinajstić information content (AvgIpc) is 2.78. The number of hydrogen-bond donors (Lipinski definition) is 2. The van der Waals surface area contributed by atoms with E-state index >= 15 is 0 Å². The molecule has 3 aromatic rings. The molecule has 1 heterocycles. The number of carbonyl (C=O) groups is 1. The first-order chi connectivity index (χ1) is 9.16. The van der Waals surface area contributed by atoms with Crippen molar-refractivity contribution in [2.45, 2.75) is 0 Å². The molecule has 0 aliphatic rings. The summed E-state index contributed by atoms with van der Waals surface area (Å²) in [6.07, 6.45) is 0. The van der Waals surface area contributed by atoms with Crippen molar-refractivity contribution < 1.29 is 14.3 Å². The van der Waals surface area contributed by atoms with Gasteiger partial charge in [-0.15, -0.1) is 0 Å². The van der Waals surface area contributed by atoms with Gasteiger partial charge in [0, 0.05) is 0 Å². The second kappa shape index (κ2) is 4.13. The number of carboxylic acids is 1. The Hall–Kier alpha value is -2.82. The monoisotopic (exact) mass is 254 g/mol. The molecule has 0 aliphatic heterocycles. The summed E-state index contributed by atoms with van der Waals surface area (Å²) in [5, 5.41) is 9.41. The molecule has 1 aromatic heterocycles. The van der Waals surface area contributed by atoms with Gasteiger partial charge in [0.05, 0.1) is 5.56 Å². The van der Waals surface area contributed by atoms with Gasteiger partial charge >= 0.3 is 5.97 Å². The predicted molar refractivity (Wildman–Crippen MR) is 70.8 cm³/mol. The Morgan fingerprint density at radius 1 is 1.16 bits per heavy atom. The number of oxazole rings is 1. The summed E-state index contributed by atoms with van der Waals surface area (Å²) in [5.41, 5.74) is 7.62. The molecule has 0 saturated heterocycles. The fraction of sp³-hybridized carbons (Fsp3) is 0. The summed E-state index contributed by atoms with van der Waals surface area (Å²) >= 11 is 0. The largest absolute Gasteiger partial charge is 0.478 e. The van der Waals surface area contributed by atoms with Crippen molar-refractivity contribution in [2.24, 2.45) is 0 Å². The molecular weight excluding hydrogens is 244 g/mol. The molecule has 0 unspecified atom stereocenters. The standard InChI is InChI=1S/C14H10N2O3/c15-14-16-12-10(19-14)7-6-9(11(12)13(17)18)8-4-2-1-3-5-8/h1-7H,(H2,15,16)(H,17,18). The van der Waals surface area contributed by atoms with Crippen molar-refractivity contribution in [1.29, 1.82) is 0 Å². The highest BCUT2D eigenvalue weighted by molar-refractivity contribution is 6.07. The maximum Gasteiger partial charge on any atom is 0.338 e. The number of aromatic nitrogens is 1. The summed E-state index contributed by atoms with van der Waals surface area (Å²) < 4.78 is 5.15. The zero-order chi connectivity index (χ0) is 13.4. The lowest BCUT2D eigenvalue weighted by Crippen LogP contribution is -2.01. The van der Waals surface area contributed by atoms with Crippen LogP contribution in [0.5, 0.6) is 0 Å². The van der Waals surface area contributed by atoms with E-state index in [9.17, 15) is 9.90 Å². The fourth-order valence-electron chi connectivity index (χ4n) is 2.09. The van der Waals surface area contributed by atoms with Crippen LogP contribution in [-0.2, 0) is 0 Å². The number of hydrogen-bond acceptors (Lipinski definition) is 4. The molecule has 19 heavy (non-hydrogen) atoms. The molecule has 0 amide bonds. The van der Waals surface area contributed by atoms with Crippen LogP contribution in [0.2, 0.25) is 0 Å². The minimum atomic E-state index is -1.06. The SMILES string of the molecule is Nc1nc2c(C(=O)O)c(-c3ccccc3)ccc2o1. The lowest BCUT2D eigenvalue weighted by Gasteiger charge is -2.06. The van der Waals surface area contributed by atoms with E-state index in [1.54, 1.807) is 12.1 Å². The zero-order valence-electron chi connectivity index (χ0n) is 9.83. The van der Waals surface area contributed by atoms with E-state index in [2.05, 4.69) is 4.98 Å². The quantitative estimate of drug-likeness (QED) is 0.733. The molecule has 0 radical (unpaired) electrons. The maximum absolute atomic E-state index is 11.5. The molecule has 3 N–H and O–H groups in total. The van der Waals surface area contributed by atoms with E-state index < -0.39 is 5.97 Å². The van der Waals surface area contributed by atoms with Crippen molar-refractivity contribution in [2.75, 3.05) is 5.73 Å². The van der Waals surface area contributed by atoms with Crippen LogP contribution in [0.15, 0.2) is 46.9 Å². The Morgan fingerprint density at radius 3 is 2.58 bits per heavy atom. The van der Waals surface area contributed by atoms with Gasteiger partial charge in [0.15, 0.2) is 5.58 Å². The molecule has 0 saturated carbocycles. The predicted octanol–water partition coefficient (Wildman–Crippen LogP) is 2.78. The molecule has 0 fully saturated rings. The van der Waals surface area contributed by atoms with Crippen LogP contribution in [0, 0.1) is 0 Å². The number of nitrogens with zero attached hydrogens (tertiary/aromatic N) is 1. The number of anilines is 1. The first-order valence-electron chi connectivity index (χ1n) is 5.64. The second-order valence-corrected chi connectivity index (χ2v) is 4.06. The number of rotatable bonds is 2. The van der Waals surface area contributed by atoms with Crippen molar-refractivity contribution in [3.63, 3.8) is 0 Å². The van der Waals surface area contributed by atoms with Gasteiger partial charge in [-0.3, -0.25) is 0 Å². The molecule has 2 aromatic carbocycles. The molecular formula is C14H10N2O3. The lowest BCUT2D eigenvalue weighted by atomic mass is 9.99. The lowest BCUT2D eigenvalue weighted by molar-refractivity contribution is 0.0699. The Kier molecular flexibility index (Phi) is 2.45. The second-order valence-electron chi connectivity index (χ2n) is 4.06. The number of carboxylic acid groups (broad SMARTS) is 1. The van der Waals surface area contributed by atoms with Crippen LogP contribution in [0.25, 0.3) is 22.2 Å². The number of aromatic carboxylic acids is 1. The summed E-state index contributed by atoms with van der Waals surface area (Å²) in [4.78, 5) is 15.4. The van der Waals surface area contributed by atoms with E-state index in [4.69, 9.17) is 10.2 Å². The normalized spacial score (nSPS) is 10.7. The van der Waals surface area contributed by atoms with Gasteiger partial charge in [0.25, 0.3) is 6.01 Å². The van der Waals surface area contributed by atoms with Gasteiger partial charge in [-0.2, -0.15) is 4.98 Å². The fourth-order valence-corrected chi connectivity index (χ4v) is 2.09. The topological polar surface area (TPSA) is 89.3 Å². The molecule has 5 heteroatoms. The van der Waals surface area contributed by atoms with Crippen molar-refractivity contribution in [3.8, 4) is 11.1 Å². The minimum absolute atomic E-state index is 0.0392. The molecule has 5 nitrogen and oxygen atoms in total. The number of benzene rings is 2. The first-order valence-corrected chi connectivity index (χ1v) is 5.64. The van der Waals surface area contributed by atoms with Gasteiger partial charge in [-0.25, -0.2) is 4.79 Å². The van der Waals surface area contributed by atoms with Gasteiger partial charge in [0.1, 0.15) is 5.52 Å². The summed E-state index contributed by atoms with van der Waals surface area (Å²) in [6, 6.07) is 12.6. The summed E-state index contributed by atoms with van der Waals surface area (Å²) in [6.45, 7) is 0. The van der Waals surface area contributed by atoms with Crippen LogP contribution in [0.3, 0.4) is 0 Å². The molecule has 0 atom stereocenters. The van der Waals surface area contributed by atoms with Crippen LogP contribution < -0.4 is 5.73 Å². The van der Waals surface area contributed by atoms with Crippen LogP contribution in [0.1, 0.15) is 10.4 Å². The highest BCUT2D eigenvalue weighted by Crippen LogP contribution is 2.30. The third-order valence-corrected chi connectivity index (χ3v) is 2.88. The van der Waals surface area contributed by atoms with Gasteiger partial charge in [-0.1, -0.05) is 30.3 Å². The van der Waals surface area contributed by atoms with Crippen molar-refractivity contribution in [3.05, 3.63) is 48.0 Å². The van der Waals surface area contributed by atoms with Gasteiger partial charge < -0.3 is 15.3 Å². The average molecular weight is 254 g/mol. The summed E-state index contributed by atoms with van der Waals surface area (Å²) in [5.74, 6) is -1.06. The van der Waals surface area contributed by atoms with Crippen LogP contribution in [0.4, 0.5) is 6.01 Å². The highest BCUT2D eigenvalue weighted by atomic mass is 16.4. The maximum atomic E-state index is 11.5. The van der Waals surface area contributed by atoms with E-state index in [0.717, 1.165) is 5.56 Å². The van der Waals surface area contributed by atoms with E-state index in [1.165, 1.54) is 0 Å². The molecule has 0 spiro atoms. The Morgan fingerprint density at radius 2 is 1.89 bits per heavy atom. The number of nitrogens with two attached hydrogens (primary N) is 1. The number of fused-ring (bicyclic) bond motifs is 1. The smallest absolute Gasteiger partial charge is 0.338 e. The van der Waals surface area contributed by atoms with E-state index in [-0.39, 0.29) is 17.1 Å². The number of nitrogen functional groups attached to an aromatic ring is 1. The van der Waals surface area contributed by atoms with Crippen LogP contribution in [-0.4, -0.2) is 16.1 Å². The van der Waals surface area contributed by atoms with Gasteiger partial charge in [-0.05, 0) is 23.3 Å². The Balaban J connectivity index is 2.36. The first kappa shape index (κ1) is 11.3. The van der Waals surface area contributed by atoms with E-state index in [1.807, 2.05) is 30.3 Å². The third-order valence-electron chi connectivity index (χ3n) is 2.88. The van der Waals surface area contributed by atoms with Crippen molar-refractivity contribution in [1.82, 2.24) is 4.98 Å². The zero-order valence-corrected chi connectivity index (χ0v) is 9.83. The molecule has 3 rings (SSSR count). The van der Waals surface area contributed by atoms with Crippen LogP contribution >= 0.6 is 0 Å². The van der Waals surface area contributed by atoms with E-state index in [0.29, 0.717) is 11.1 Å². The summed E-state index contributed by atoms with van der Waals surface area (Å²) in [7, 11) is 0. The van der Waals surface area contributed by atoms with Crippen molar-refractivity contribution >= 4 is 23.1 Å². The third kappa shape index (κ3) is 1.81. The molecule has 0 bridgehead atoms. The molecule has 0 aliphatic carbocycles. The Labute approximate surface area is 108 Å². The van der Waals surface area contributed by atoms with Gasteiger partial charge in [0.2, 0.25) is 0 Å². The Bertz CT molecular complexity index is 763.